The number of halogens is 2. The molecule has 4 amide bonds. The standard InChI is InChI=1S/C35H31F2N5O3/c1-2-18-40(35(45)38-20-25-12-16-29(37)17-13-25)41-23-33(43)42-31(19-24-10-14-28(36)15-11-24)34(44)39(22-32(41)42)21-27-8-5-7-26-6-3-4-9-30(26)27/h1,3-17,31-32H,18-23H2,(H,38,45)/t31-,32+/m0/s1. The van der Waals surface area contributed by atoms with E-state index in [9.17, 15) is 23.2 Å². The fourth-order valence-electron chi connectivity index (χ4n) is 6.11. The Morgan fingerprint density at radius 3 is 2.29 bits per heavy atom. The van der Waals surface area contributed by atoms with Crippen molar-refractivity contribution < 1.29 is 23.2 Å². The maximum atomic E-state index is 14.1. The molecule has 1 N–H and O–H groups in total. The first-order valence-electron chi connectivity index (χ1n) is 14.6. The van der Waals surface area contributed by atoms with E-state index in [2.05, 4.69) is 11.2 Å². The highest BCUT2D eigenvalue weighted by Gasteiger charge is 2.52. The zero-order valence-corrected chi connectivity index (χ0v) is 24.4. The average Bonchev–Trinajstić information content (AvgIpc) is 3.37. The van der Waals surface area contributed by atoms with Gasteiger partial charge >= 0.3 is 6.03 Å². The van der Waals surface area contributed by atoms with Crippen molar-refractivity contribution in [3.8, 4) is 12.3 Å². The van der Waals surface area contributed by atoms with Gasteiger partial charge in [-0.05, 0) is 51.7 Å². The summed E-state index contributed by atoms with van der Waals surface area (Å²) in [6.07, 6.45) is 5.17. The molecule has 2 fully saturated rings. The fraction of sp³-hybridized carbons (Fsp3) is 0.229. The smallest absolute Gasteiger partial charge is 0.333 e. The van der Waals surface area contributed by atoms with Crippen molar-refractivity contribution in [2.45, 2.75) is 31.7 Å². The normalized spacial score (nSPS) is 18.2. The van der Waals surface area contributed by atoms with Crippen LogP contribution in [0.5, 0.6) is 0 Å². The summed E-state index contributed by atoms with van der Waals surface area (Å²) in [5.41, 5.74) is 2.33. The lowest BCUT2D eigenvalue weighted by molar-refractivity contribution is -0.157. The van der Waals surface area contributed by atoms with Gasteiger partial charge in [0, 0.05) is 19.5 Å². The molecule has 2 heterocycles. The van der Waals surface area contributed by atoms with Gasteiger partial charge in [0.2, 0.25) is 11.8 Å². The Bertz CT molecular complexity index is 1770. The summed E-state index contributed by atoms with van der Waals surface area (Å²) in [6, 6.07) is 24.1. The van der Waals surface area contributed by atoms with Gasteiger partial charge in [0.25, 0.3) is 0 Å². The van der Waals surface area contributed by atoms with Crippen LogP contribution in [0.3, 0.4) is 0 Å². The van der Waals surface area contributed by atoms with Crippen molar-refractivity contribution in [2.24, 2.45) is 0 Å². The van der Waals surface area contributed by atoms with Crippen LogP contribution in [-0.4, -0.2) is 69.5 Å². The van der Waals surface area contributed by atoms with Gasteiger partial charge in [-0.2, -0.15) is 5.01 Å². The molecule has 0 aliphatic carbocycles. The van der Waals surface area contributed by atoms with Crippen LogP contribution in [0, 0.1) is 24.0 Å². The molecule has 0 aromatic heterocycles. The molecule has 0 spiro atoms. The number of hydrogen-bond acceptors (Lipinski definition) is 4. The lowest BCUT2D eigenvalue weighted by Gasteiger charge is -2.46. The number of fused-ring (bicyclic) bond motifs is 2. The number of nitrogens with one attached hydrogen (secondary N) is 1. The molecule has 4 aromatic carbocycles. The molecule has 0 unspecified atom stereocenters. The molecule has 0 bridgehead atoms. The van der Waals surface area contributed by atoms with Crippen LogP contribution in [0.1, 0.15) is 16.7 Å². The number of benzene rings is 4. The predicted octanol–water partition coefficient (Wildman–Crippen LogP) is 4.30. The number of rotatable bonds is 8. The van der Waals surface area contributed by atoms with Gasteiger partial charge < -0.3 is 15.1 Å². The highest BCUT2D eigenvalue weighted by molar-refractivity contribution is 5.92. The number of amides is 4. The van der Waals surface area contributed by atoms with E-state index in [1.165, 1.54) is 34.2 Å². The van der Waals surface area contributed by atoms with Gasteiger partial charge in [-0.1, -0.05) is 72.7 Å². The number of hydrazine groups is 1. The van der Waals surface area contributed by atoms with Crippen LogP contribution in [-0.2, 0) is 29.1 Å². The predicted molar refractivity (Wildman–Crippen MR) is 165 cm³/mol. The summed E-state index contributed by atoms with van der Waals surface area (Å²) in [7, 11) is 0. The SMILES string of the molecule is C#CCN(C(=O)NCc1ccc(F)cc1)N1CC(=O)N2[C@@H](Cc3ccc(F)cc3)C(=O)N(Cc3cccc4ccccc34)C[C@@H]21. The highest BCUT2D eigenvalue weighted by atomic mass is 19.1. The minimum atomic E-state index is -0.878. The monoisotopic (exact) mass is 607 g/mol. The van der Waals surface area contributed by atoms with E-state index in [1.54, 1.807) is 34.2 Å². The third-order valence-electron chi connectivity index (χ3n) is 8.29. The molecule has 2 aliphatic heterocycles. The first-order chi connectivity index (χ1) is 21.8. The van der Waals surface area contributed by atoms with Crippen LogP contribution in [0.15, 0.2) is 91.0 Å². The van der Waals surface area contributed by atoms with Gasteiger partial charge in [0.15, 0.2) is 0 Å². The Hall–Kier alpha value is -5.27. The Labute approximate surface area is 259 Å². The third-order valence-corrected chi connectivity index (χ3v) is 8.29. The molecule has 2 aliphatic rings. The summed E-state index contributed by atoms with van der Waals surface area (Å²) in [6.45, 7) is 0.270. The number of terminal acetylenes is 1. The van der Waals surface area contributed by atoms with Gasteiger partial charge in [-0.3, -0.25) is 9.59 Å². The van der Waals surface area contributed by atoms with E-state index in [-0.39, 0.29) is 50.2 Å². The number of piperazine rings is 1. The fourth-order valence-corrected chi connectivity index (χ4v) is 6.11. The van der Waals surface area contributed by atoms with Crippen LogP contribution in [0.25, 0.3) is 10.8 Å². The summed E-state index contributed by atoms with van der Waals surface area (Å²) in [4.78, 5) is 44.5. The third kappa shape index (κ3) is 6.21. The molecule has 0 saturated carbocycles. The van der Waals surface area contributed by atoms with E-state index in [0.29, 0.717) is 17.7 Å². The van der Waals surface area contributed by atoms with Crippen molar-refractivity contribution >= 4 is 28.6 Å². The minimum Gasteiger partial charge on any atom is -0.333 e. The first-order valence-corrected chi connectivity index (χ1v) is 14.6. The molecule has 2 saturated heterocycles. The average molecular weight is 608 g/mol. The zero-order valence-electron chi connectivity index (χ0n) is 24.4. The molecule has 45 heavy (non-hydrogen) atoms. The van der Waals surface area contributed by atoms with Gasteiger partial charge in [0.05, 0.1) is 19.6 Å². The van der Waals surface area contributed by atoms with Gasteiger partial charge in [-0.15, -0.1) is 6.42 Å². The zero-order chi connectivity index (χ0) is 31.5. The number of urea groups is 1. The van der Waals surface area contributed by atoms with Crippen LogP contribution in [0.4, 0.5) is 13.6 Å². The van der Waals surface area contributed by atoms with Crippen molar-refractivity contribution in [1.29, 1.82) is 0 Å². The largest absolute Gasteiger partial charge is 0.333 e. The van der Waals surface area contributed by atoms with E-state index < -0.39 is 24.1 Å². The van der Waals surface area contributed by atoms with Crippen molar-refractivity contribution in [3.05, 3.63) is 119 Å². The van der Waals surface area contributed by atoms with Crippen LogP contribution >= 0.6 is 0 Å². The Morgan fingerprint density at radius 1 is 0.911 bits per heavy atom. The van der Waals surface area contributed by atoms with Gasteiger partial charge in [0.1, 0.15) is 23.8 Å². The molecular weight excluding hydrogens is 576 g/mol. The molecule has 8 nitrogen and oxygen atoms in total. The summed E-state index contributed by atoms with van der Waals surface area (Å²) >= 11 is 0. The van der Waals surface area contributed by atoms with E-state index in [1.807, 2.05) is 42.5 Å². The molecule has 10 heteroatoms. The molecule has 228 valence electrons. The van der Waals surface area contributed by atoms with Crippen molar-refractivity contribution in [1.82, 2.24) is 25.1 Å². The number of nitrogens with zero attached hydrogens (tertiary/aromatic N) is 4. The first kappa shape index (κ1) is 29.8. The lowest BCUT2D eigenvalue weighted by atomic mass is 9.99. The quantitative estimate of drug-likeness (QED) is 0.303. The van der Waals surface area contributed by atoms with Crippen molar-refractivity contribution in [3.63, 3.8) is 0 Å². The van der Waals surface area contributed by atoms with E-state index in [0.717, 1.165) is 16.3 Å². The highest BCUT2D eigenvalue weighted by Crippen LogP contribution is 2.31. The summed E-state index contributed by atoms with van der Waals surface area (Å²) in [5, 5.41) is 7.79. The number of carbonyl (C=O) groups is 3. The number of carbonyl (C=O) groups excluding carboxylic acids is 3. The maximum absolute atomic E-state index is 14.1. The summed E-state index contributed by atoms with van der Waals surface area (Å²) in [5.74, 6) is 1.17. The second-order valence-electron chi connectivity index (χ2n) is 11.1. The molecule has 4 aromatic rings. The molecular formula is C35H31F2N5O3. The Kier molecular flexibility index (Phi) is 8.45. The number of hydrogen-bond donors (Lipinski definition) is 1. The Morgan fingerprint density at radius 2 is 1.58 bits per heavy atom. The topological polar surface area (TPSA) is 76.2 Å². The van der Waals surface area contributed by atoms with E-state index >= 15 is 0 Å². The maximum Gasteiger partial charge on any atom is 0.333 e. The molecule has 0 radical (unpaired) electrons. The van der Waals surface area contributed by atoms with Crippen LogP contribution in [0.2, 0.25) is 0 Å². The van der Waals surface area contributed by atoms with Crippen molar-refractivity contribution in [2.75, 3.05) is 19.6 Å². The van der Waals surface area contributed by atoms with E-state index in [4.69, 9.17) is 6.42 Å². The second kappa shape index (κ2) is 12.8. The summed E-state index contributed by atoms with van der Waals surface area (Å²) < 4.78 is 27.1. The van der Waals surface area contributed by atoms with Crippen LogP contribution < -0.4 is 5.32 Å². The lowest BCUT2D eigenvalue weighted by Crippen LogP contribution is -2.66. The second-order valence-corrected chi connectivity index (χ2v) is 11.1. The molecule has 6 rings (SSSR count). The Balaban J connectivity index is 1.31. The minimum absolute atomic E-state index is 0.118. The molecule has 2 atom stereocenters. The van der Waals surface area contributed by atoms with Gasteiger partial charge in [-0.25, -0.2) is 18.6 Å².